The van der Waals surface area contributed by atoms with Crippen LogP contribution in [-0.4, -0.2) is 32.1 Å². The highest BCUT2D eigenvalue weighted by atomic mass is 16.6. The Hall–Kier alpha value is -2.31. The molecule has 0 aromatic heterocycles. The zero-order chi connectivity index (χ0) is 13.5. The molecule has 0 atom stereocenters. The van der Waals surface area contributed by atoms with E-state index < -0.39 is 4.92 Å². The summed E-state index contributed by atoms with van der Waals surface area (Å²) in [7, 11) is 4.90. The molecule has 0 heterocycles. The van der Waals surface area contributed by atoms with E-state index in [2.05, 4.69) is 15.6 Å². The fraction of sp³-hybridized carbons (Fsp3) is 0.364. The summed E-state index contributed by atoms with van der Waals surface area (Å²) in [6.45, 7) is 0.387. The number of ether oxygens (including phenoxy) is 1. The standard InChI is InChI=1S/C11H16N4O3/c1-12-11(13-2)14-7-8-6-9(15(16)17)4-5-10(8)18-3/h4-6H,7H2,1-3H3,(H2,12,13,14). The molecule has 1 rings (SSSR count). The number of rotatable bonds is 4. The lowest BCUT2D eigenvalue weighted by atomic mass is 10.2. The molecule has 0 aliphatic rings. The number of methoxy groups -OCH3 is 1. The molecule has 98 valence electrons. The highest BCUT2D eigenvalue weighted by molar-refractivity contribution is 5.79. The number of hydrogen-bond donors (Lipinski definition) is 2. The van der Waals surface area contributed by atoms with Crippen molar-refractivity contribution in [2.24, 2.45) is 4.99 Å². The lowest BCUT2D eigenvalue weighted by Crippen LogP contribution is -2.34. The Bertz CT molecular complexity index is 460. The van der Waals surface area contributed by atoms with E-state index in [4.69, 9.17) is 4.74 Å². The topological polar surface area (TPSA) is 88.8 Å². The van der Waals surface area contributed by atoms with Crippen molar-refractivity contribution in [1.82, 2.24) is 10.6 Å². The third-order valence-electron chi connectivity index (χ3n) is 2.38. The van der Waals surface area contributed by atoms with Gasteiger partial charge in [0.2, 0.25) is 0 Å². The maximum absolute atomic E-state index is 10.7. The van der Waals surface area contributed by atoms with Gasteiger partial charge in [-0.05, 0) is 6.07 Å². The molecule has 0 saturated carbocycles. The Labute approximate surface area is 105 Å². The fourth-order valence-electron chi connectivity index (χ4n) is 1.47. The van der Waals surface area contributed by atoms with Crippen LogP contribution in [0.25, 0.3) is 0 Å². The van der Waals surface area contributed by atoms with Crippen LogP contribution in [0.15, 0.2) is 23.2 Å². The number of nitro benzene ring substituents is 1. The second-order valence-electron chi connectivity index (χ2n) is 3.43. The molecule has 0 bridgehead atoms. The van der Waals surface area contributed by atoms with Crippen LogP contribution in [0.3, 0.4) is 0 Å². The van der Waals surface area contributed by atoms with Gasteiger partial charge in [0.25, 0.3) is 5.69 Å². The minimum absolute atomic E-state index is 0.0343. The number of aliphatic imine (C=N–C) groups is 1. The van der Waals surface area contributed by atoms with Gasteiger partial charge >= 0.3 is 0 Å². The summed E-state index contributed by atoms with van der Waals surface area (Å²) in [5.74, 6) is 1.20. The number of hydrogen-bond acceptors (Lipinski definition) is 4. The first-order valence-corrected chi connectivity index (χ1v) is 5.32. The second kappa shape index (κ2) is 6.43. The van der Waals surface area contributed by atoms with Gasteiger partial charge in [0.15, 0.2) is 5.96 Å². The van der Waals surface area contributed by atoms with Crippen LogP contribution in [0, 0.1) is 10.1 Å². The average Bonchev–Trinajstić information content (AvgIpc) is 2.39. The van der Waals surface area contributed by atoms with Gasteiger partial charge in [-0.25, -0.2) is 0 Å². The maximum Gasteiger partial charge on any atom is 0.270 e. The minimum Gasteiger partial charge on any atom is -0.496 e. The van der Waals surface area contributed by atoms with Crippen molar-refractivity contribution in [3.8, 4) is 5.75 Å². The van der Waals surface area contributed by atoms with Gasteiger partial charge in [-0.1, -0.05) is 0 Å². The fourth-order valence-corrected chi connectivity index (χ4v) is 1.47. The number of benzene rings is 1. The van der Waals surface area contributed by atoms with Gasteiger partial charge in [-0.3, -0.25) is 15.1 Å². The van der Waals surface area contributed by atoms with Gasteiger partial charge in [0, 0.05) is 38.3 Å². The number of nitrogens with one attached hydrogen (secondary N) is 2. The molecule has 0 aliphatic heterocycles. The Morgan fingerprint density at radius 1 is 1.56 bits per heavy atom. The van der Waals surface area contributed by atoms with Gasteiger partial charge < -0.3 is 15.4 Å². The van der Waals surface area contributed by atoms with Crippen molar-refractivity contribution in [3.63, 3.8) is 0 Å². The molecule has 1 aromatic carbocycles. The molecule has 0 aliphatic carbocycles. The quantitative estimate of drug-likeness (QED) is 0.359. The van der Waals surface area contributed by atoms with E-state index in [1.165, 1.54) is 19.2 Å². The van der Waals surface area contributed by atoms with Crippen molar-refractivity contribution in [1.29, 1.82) is 0 Å². The normalized spacial score (nSPS) is 10.9. The zero-order valence-corrected chi connectivity index (χ0v) is 10.6. The number of non-ortho nitro benzene ring substituents is 1. The van der Waals surface area contributed by atoms with E-state index >= 15 is 0 Å². The summed E-state index contributed by atoms with van der Waals surface area (Å²) in [6, 6.07) is 4.47. The third kappa shape index (κ3) is 3.34. The first-order chi connectivity index (χ1) is 8.62. The molecule has 0 saturated heterocycles. The van der Waals surface area contributed by atoms with Gasteiger partial charge in [0.1, 0.15) is 5.75 Å². The Morgan fingerprint density at radius 3 is 2.78 bits per heavy atom. The largest absolute Gasteiger partial charge is 0.496 e. The molecule has 2 N–H and O–H groups in total. The predicted octanol–water partition coefficient (Wildman–Crippen LogP) is 0.898. The molecule has 7 nitrogen and oxygen atoms in total. The molecule has 18 heavy (non-hydrogen) atoms. The van der Waals surface area contributed by atoms with E-state index in [1.807, 2.05) is 0 Å². The molecule has 7 heteroatoms. The van der Waals surface area contributed by atoms with Gasteiger partial charge in [-0.15, -0.1) is 0 Å². The molecule has 1 aromatic rings. The Kier molecular flexibility index (Phi) is 4.91. The summed E-state index contributed by atoms with van der Waals surface area (Å²) in [4.78, 5) is 14.2. The van der Waals surface area contributed by atoms with Crippen molar-refractivity contribution < 1.29 is 9.66 Å². The van der Waals surface area contributed by atoms with Crippen LogP contribution >= 0.6 is 0 Å². The molecule has 0 radical (unpaired) electrons. The van der Waals surface area contributed by atoms with E-state index in [-0.39, 0.29) is 5.69 Å². The maximum atomic E-state index is 10.7. The number of nitro groups is 1. The van der Waals surface area contributed by atoms with Crippen LogP contribution in [0.2, 0.25) is 0 Å². The number of guanidine groups is 1. The van der Waals surface area contributed by atoms with Crippen LogP contribution in [0.1, 0.15) is 5.56 Å². The second-order valence-corrected chi connectivity index (χ2v) is 3.43. The molecular weight excluding hydrogens is 236 g/mol. The lowest BCUT2D eigenvalue weighted by molar-refractivity contribution is -0.384. The van der Waals surface area contributed by atoms with E-state index in [0.717, 1.165) is 0 Å². The lowest BCUT2D eigenvalue weighted by Gasteiger charge is -2.11. The molecule has 0 fully saturated rings. The highest BCUT2D eigenvalue weighted by Crippen LogP contribution is 2.23. The molecule has 0 amide bonds. The first-order valence-electron chi connectivity index (χ1n) is 5.32. The van der Waals surface area contributed by atoms with E-state index in [0.29, 0.717) is 23.8 Å². The predicted molar refractivity (Wildman–Crippen MR) is 68.9 cm³/mol. The van der Waals surface area contributed by atoms with E-state index in [9.17, 15) is 10.1 Å². The minimum atomic E-state index is -0.435. The summed E-state index contributed by atoms with van der Waals surface area (Å²) in [6.07, 6.45) is 0. The molecule has 0 unspecified atom stereocenters. The Morgan fingerprint density at radius 2 is 2.28 bits per heavy atom. The zero-order valence-electron chi connectivity index (χ0n) is 10.6. The summed E-state index contributed by atoms with van der Waals surface area (Å²) >= 11 is 0. The van der Waals surface area contributed by atoms with Crippen LogP contribution < -0.4 is 15.4 Å². The van der Waals surface area contributed by atoms with Crippen molar-refractivity contribution in [2.75, 3.05) is 21.2 Å². The monoisotopic (exact) mass is 252 g/mol. The van der Waals surface area contributed by atoms with Crippen molar-refractivity contribution in [2.45, 2.75) is 6.54 Å². The Balaban J connectivity index is 2.91. The SMILES string of the molecule is CN=C(NC)NCc1cc([N+](=O)[O-])ccc1OC. The van der Waals surface area contributed by atoms with Crippen molar-refractivity contribution >= 4 is 11.6 Å². The molecular formula is C11H16N4O3. The summed E-state index contributed by atoms with van der Waals surface area (Å²) < 4.78 is 5.16. The van der Waals surface area contributed by atoms with Crippen LogP contribution in [0.4, 0.5) is 5.69 Å². The molecule has 0 spiro atoms. The van der Waals surface area contributed by atoms with Crippen molar-refractivity contribution in [3.05, 3.63) is 33.9 Å². The average molecular weight is 252 g/mol. The van der Waals surface area contributed by atoms with E-state index in [1.54, 1.807) is 20.2 Å². The van der Waals surface area contributed by atoms with Gasteiger partial charge in [-0.2, -0.15) is 0 Å². The highest BCUT2D eigenvalue weighted by Gasteiger charge is 2.11. The number of nitrogens with zero attached hydrogens (tertiary/aromatic N) is 2. The van der Waals surface area contributed by atoms with Gasteiger partial charge in [0.05, 0.1) is 12.0 Å². The summed E-state index contributed by atoms with van der Waals surface area (Å²) in [5.41, 5.74) is 0.732. The first kappa shape index (κ1) is 13.8. The van der Waals surface area contributed by atoms with Crippen LogP contribution in [-0.2, 0) is 6.54 Å². The van der Waals surface area contributed by atoms with Crippen LogP contribution in [0.5, 0.6) is 5.75 Å². The third-order valence-corrected chi connectivity index (χ3v) is 2.38. The summed E-state index contributed by atoms with van der Waals surface area (Å²) in [5, 5.41) is 16.6. The smallest absolute Gasteiger partial charge is 0.270 e.